The van der Waals surface area contributed by atoms with E-state index in [-0.39, 0.29) is 0 Å². The van der Waals surface area contributed by atoms with Crippen LogP contribution in [-0.4, -0.2) is 37.3 Å². The van der Waals surface area contributed by atoms with E-state index in [1.54, 1.807) is 0 Å². The largest absolute Gasteiger partial charge is 0.381 e. The minimum Gasteiger partial charge on any atom is -0.381 e. The molecule has 0 amide bonds. The molecule has 90 valence electrons. The van der Waals surface area contributed by atoms with Gasteiger partial charge in [-0.1, -0.05) is 13.8 Å². The van der Waals surface area contributed by atoms with Crippen LogP contribution in [0.5, 0.6) is 0 Å². The van der Waals surface area contributed by atoms with Gasteiger partial charge in [0.15, 0.2) is 0 Å². The summed E-state index contributed by atoms with van der Waals surface area (Å²) in [6.07, 6.45) is 3.77. The van der Waals surface area contributed by atoms with E-state index >= 15 is 0 Å². The van der Waals surface area contributed by atoms with Crippen molar-refractivity contribution >= 4 is 11.8 Å². The maximum Gasteiger partial charge on any atom is 0.0469 e. The lowest BCUT2D eigenvalue weighted by Crippen LogP contribution is -2.40. The minimum atomic E-state index is 0.704. The summed E-state index contributed by atoms with van der Waals surface area (Å²) in [5, 5.41) is 3.63. The van der Waals surface area contributed by atoms with Crippen LogP contribution >= 0.6 is 11.8 Å². The van der Waals surface area contributed by atoms with Gasteiger partial charge in [-0.25, -0.2) is 0 Å². The monoisotopic (exact) mass is 231 g/mol. The van der Waals surface area contributed by atoms with Crippen LogP contribution in [0, 0.1) is 5.92 Å². The van der Waals surface area contributed by atoms with Crippen molar-refractivity contribution in [3.8, 4) is 0 Å². The smallest absolute Gasteiger partial charge is 0.0469 e. The summed E-state index contributed by atoms with van der Waals surface area (Å²) in [6.45, 7) is 7.48. The summed E-state index contributed by atoms with van der Waals surface area (Å²) < 4.78 is 5.42. The zero-order valence-electron chi connectivity index (χ0n) is 10.1. The quantitative estimate of drug-likeness (QED) is 0.680. The molecular weight excluding hydrogens is 206 g/mol. The van der Waals surface area contributed by atoms with Crippen LogP contribution in [0.3, 0.4) is 0 Å². The van der Waals surface area contributed by atoms with E-state index in [9.17, 15) is 0 Å². The number of rotatable bonds is 7. The second kappa shape index (κ2) is 8.43. The molecule has 0 bridgehead atoms. The number of hydrogen-bond acceptors (Lipinski definition) is 3. The van der Waals surface area contributed by atoms with Gasteiger partial charge < -0.3 is 10.1 Å². The van der Waals surface area contributed by atoms with Crippen molar-refractivity contribution in [2.24, 2.45) is 5.92 Å². The molecule has 1 fully saturated rings. The molecule has 1 atom stereocenters. The highest BCUT2D eigenvalue weighted by Gasteiger charge is 2.22. The van der Waals surface area contributed by atoms with E-state index in [1.807, 2.05) is 0 Å². The standard InChI is InChI=1S/C12H25NOS/c1-3-9-15-10-12(13-4-2)11-5-7-14-8-6-11/h11-13H,3-10H2,1-2H3. The SMILES string of the molecule is CCCSCC(NCC)C1CCOCC1. The van der Waals surface area contributed by atoms with Crippen LogP contribution in [0.4, 0.5) is 0 Å². The Morgan fingerprint density at radius 3 is 2.67 bits per heavy atom. The van der Waals surface area contributed by atoms with Crippen molar-refractivity contribution in [3.63, 3.8) is 0 Å². The molecule has 0 radical (unpaired) electrons. The summed E-state index contributed by atoms with van der Waals surface area (Å²) in [6, 6.07) is 0.704. The summed E-state index contributed by atoms with van der Waals surface area (Å²) in [7, 11) is 0. The van der Waals surface area contributed by atoms with E-state index in [4.69, 9.17) is 4.74 Å². The average Bonchev–Trinajstić information content (AvgIpc) is 2.29. The fraction of sp³-hybridized carbons (Fsp3) is 1.00. The van der Waals surface area contributed by atoms with E-state index < -0.39 is 0 Å². The molecule has 0 aromatic rings. The van der Waals surface area contributed by atoms with Crippen molar-refractivity contribution in [2.45, 2.75) is 39.2 Å². The van der Waals surface area contributed by atoms with Crippen molar-refractivity contribution in [3.05, 3.63) is 0 Å². The lowest BCUT2D eigenvalue weighted by molar-refractivity contribution is 0.0568. The Morgan fingerprint density at radius 2 is 2.07 bits per heavy atom. The van der Waals surface area contributed by atoms with Crippen molar-refractivity contribution in [2.75, 3.05) is 31.3 Å². The van der Waals surface area contributed by atoms with Gasteiger partial charge in [0.1, 0.15) is 0 Å². The predicted octanol–water partition coefficient (Wildman–Crippen LogP) is 2.53. The third kappa shape index (κ3) is 5.23. The first kappa shape index (κ1) is 13.3. The highest BCUT2D eigenvalue weighted by Crippen LogP contribution is 2.21. The molecule has 3 heteroatoms. The van der Waals surface area contributed by atoms with Gasteiger partial charge in [0.05, 0.1) is 0 Å². The average molecular weight is 231 g/mol. The molecule has 1 N–H and O–H groups in total. The van der Waals surface area contributed by atoms with Gasteiger partial charge in [-0.2, -0.15) is 11.8 Å². The van der Waals surface area contributed by atoms with E-state index in [1.165, 1.54) is 30.8 Å². The molecule has 2 nitrogen and oxygen atoms in total. The van der Waals surface area contributed by atoms with Crippen LogP contribution in [0.2, 0.25) is 0 Å². The normalized spacial score (nSPS) is 20.4. The highest BCUT2D eigenvalue weighted by atomic mass is 32.2. The summed E-state index contributed by atoms with van der Waals surface area (Å²) in [4.78, 5) is 0. The lowest BCUT2D eigenvalue weighted by Gasteiger charge is -2.30. The van der Waals surface area contributed by atoms with Gasteiger partial charge in [-0.3, -0.25) is 0 Å². The lowest BCUT2D eigenvalue weighted by atomic mass is 9.93. The van der Waals surface area contributed by atoms with E-state index in [2.05, 4.69) is 30.9 Å². The molecule has 1 aliphatic rings. The van der Waals surface area contributed by atoms with Gasteiger partial charge in [-0.05, 0) is 37.5 Å². The van der Waals surface area contributed by atoms with E-state index in [0.717, 1.165) is 25.7 Å². The summed E-state index contributed by atoms with van der Waals surface area (Å²) in [5.41, 5.74) is 0. The molecule has 0 spiro atoms. The second-order valence-corrected chi connectivity index (χ2v) is 5.34. The highest BCUT2D eigenvalue weighted by molar-refractivity contribution is 7.99. The van der Waals surface area contributed by atoms with Gasteiger partial charge >= 0.3 is 0 Å². The Kier molecular flexibility index (Phi) is 7.49. The van der Waals surface area contributed by atoms with Gasteiger partial charge in [0, 0.05) is 25.0 Å². The van der Waals surface area contributed by atoms with Gasteiger partial charge in [-0.15, -0.1) is 0 Å². The van der Waals surface area contributed by atoms with Crippen LogP contribution in [0.25, 0.3) is 0 Å². The Hall–Kier alpha value is 0.270. The fourth-order valence-corrected chi connectivity index (χ4v) is 3.20. The number of thioether (sulfide) groups is 1. The zero-order chi connectivity index (χ0) is 10.9. The van der Waals surface area contributed by atoms with Crippen LogP contribution < -0.4 is 5.32 Å². The number of hydrogen-bond donors (Lipinski definition) is 1. The Balaban J connectivity index is 2.26. The van der Waals surface area contributed by atoms with Crippen LogP contribution in [0.1, 0.15) is 33.1 Å². The zero-order valence-corrected chi connectivity index (χ0v) is 10.9. The van der Waals surface area contributed by atoms with Crippen molar-refractivity contribution in [1.82, 2.24) is 5.32 Å². The van der Waals surface area contributed by atoms with Crippen molar-refractivity contribution in [1.29, 1.82) is 0 Å². The molecule has 1 saturated heterocycles. The first-order valence-electron chi connectivity index (χ1n) is 6.27. The Morgan fingerprint density at radius 1 is 1.33 bits per heavy atom. The third-order valence-electron chi connectivity index (χ3n) is 2.95. The molecule has 0 aromatic heterocycles. The van der Waals surface area contributed by atoms with Crippen LogP contribution in [0.15, 0.2) is 0 Å². The molecule has 0 aromatic carbocycles. The Labute approximate surface area is 98.5 Å². The Bertz CT molecular complexity index is 149. The van der Waals surface area contributed by atoms with Gasteiger partial charge in [0.2, 0.25) is 0 Å². The minimum absolute atomic E-state index is 0.704. The third-order valence-corrected chi connectivity index (χ3v) is 4.24. The maximum absolute atomic E-state index is 5.42. The molecule has 1 heterocycles. The second-order valence-electron chi connectivity index (χ2n) is 4.19. The van der Waals surface area contributed by atoms with Crippen LogP contribution in [-0.2, 0) is 4.74 Å². The number of nitrogens with one attached hydrogen (secondary N) is 1. The summed E-state index contributed by atoms with van der Waals surface area (Å²) in [5.74, 6) is 3.40. The van der Waals surface area contributed by atoms with Gasteiger partial charge in [0.25, 0.3) is 0 Å². The molecule has 15 heavy (non-hydrogen) atoms. The predicted molar refractivity (Wildman–Crippen MR) is 68.6 cm³/mol. The summed E-state index contributed by atoms with van der Waals surface area (Å²) >= 11 is 2.09. The molecule has 1 rings (SSSR count). The number of ether oxygens (including phenoxy) is 1. The van der Waals surface area contributed by atoms with E-state index in [0.29, 0.717) is 6.04 Å². The fourth-order valence-electron chi connectivity index (χ4n) is 2.10. The molecule has 1 unspecified atom stereocenters. The van der Waals surface area contributed by atoms with Crippen molar-refractivity contribution < 1.29 is 4.74 Å². The molecular formula is C12H25NOS. The molecule has 1 aliphatic heterocycles. The maximum atomic E-state index is 5.42. The molecule has 0 aliphatic carbocycles. The first-order valence-corrected chi connectivity index (χ1v) is 7.42. The first-order chi connectivity index (χ1) is 7.38. The molecule has 0 saturated carbocycles. The topological polar surface area (TPSA) is 21.3 Å².